The zero-order chi connectivity index (χ0) is 36.3. The molecule has 0 aromatic rings. The maximum atomic E-state index is 12.2. The van der Waals surface area contributed by atoms with Gasteiger partial charge in [-0.1, -0.05) is 173 Å². The van der Waals surface area contributed by atoms with Gasteiger partial charge in [0, 0.05) is 12.8 Å². The van der Waals surface area contributed by atoms with Gasteiger partial charge >= 0.3 is 11.9 Å². The average Bonchev–Trinajstić information content (AvgIpc) is 3.87. The van der Waals surface area contributed by atoms with Gasteiger partial charge in [-0.05, 0) is 50.9 Å². The molecule has 0 spiro atoms. The van der Waals surface area contributed by atoms with E-state index in [1.165, 1.54) is 109 Å². The number of unbranched alkanes of at least 4 members (excludes halogenated alkanes) is 16. The van der Waals surface area contributed by atoms with Crippen molar-refractivity contribution in [2.75, 3.05) is 13.2 Å². The van der Waals surface area contributed by atoms with Crippen molar-refractivity contribution in [3.05, 3.63) is 36.5 Å². The largest absolute Gasteiger partial charge is 0.462 e. The van der Waals surface area contributed by atoms with Crippen LogP contribution in [0.2, 0.25) is 0 Å². The Bertz CT molecular complexity index is 880. The molecule has 0 aliphatic carbocycles. The van der Waals surface area contributed by atoms with Crippen LogP contribution in [0.15, 0.2) is 36.5 Å². The summed E-state index contributed by atoms with van der Waals surface area (Å²) >= 11 is 0. The summed E-state index contributed by atoms with van der Waals surface area (Å²) in [4.78, 5) is 24.3. The van der Waals surface area contributed by atoms with Crippen LogP contribution < -0.4 is 0 Å². The van der Waals surface area contributed by atoms with Crippen molar-refractivity contribution in [3.63, 3.8) is 0 Å². The number of ether oxygens (including phenoxy) is 3. The van der Waals surface area contributed by atoms with Crippen molar-refractivity contribution in [1.82, 2.24) is 0 Å². The molecular formula is C44H78O6. The fourth-order valence-corrected chi connectivity index (χ4v) is 6.20. The number of allylic oxidation sites excluding steroid dienone is 5. The molecule has 0 saturated carbocycles. The van der Waals surface area contributed by atoms with Crippen LogP contribution in [-0.2, 0) is 23.8 Å². The highest BCUT2D eigenvalue weighted by molar-refractivity contribution is 5.70. The van der Waals surface area contributed by atoms with Crippen molar-refractivity contribution in [2.24, 2.45) is 5.92 Å². The Morgan fingerprint density at radius 2 is 1.22 bits per heavy atom. The maximum absolute atomic E-state index is 12.2. The molecule has 6 nitrogen and oxygen atoms in total. The molecule has 4 atom stereocenters. The number of aliphatic hydroxyl groups is 1. The topological polar surface area (TPSA) is 85.4 Å². The highest BCUT2D eigenvalue weighted by Crippen LogP contribution is 2.30. The number of hydrogen-bond acceptors (Lipinski definition) is 6. The Hall–Kier alpha value is -1.92. The van der Waals surface area contributed by atoms with Crippen molar-refractivity contribution in [1.29, 1.82) is 0 Å². The van der Waals surface area contributed by atoms with Gasteiger partial charge in [-0.3, -0.25) is 9.59 Å². The second kappa shape index (κ2) is 34.2. The highest BCUT2D eigenvalue weighted by Gasteiger charge is 2.36. The standard InChI is InChI=1S/C44H78O6/c1-4-6-27-33-41-42(50-41)34-29-24-20-16-13-14-18-22-26-31-36-44(47)49-40(37-45)38-48-43(46)35-30-25-21-17-12-10-8-7-9-11-15-19-23-28-32-39(3)5-2/h13,16,18,22,24,29,39-42,45H,4-12,14-15,17,19-21,23,25-28,30-38H2,1-3H3/b16-13-,22-18-,29-24-/t39?,40-,41?,42?/m0/s1. The lowest BCUT2D eigenvalue weighted by atomic mass is 9.99. The molecule has 0 aromatic heterocycles. The molecule has 1 rings (SSSR count). The number of rotatable bonds is 36. The fourth-order valence-electron chi connectivity index (χ4n) is 6.20. The molecule has 1 N–H and O–H groups in total. The Morgan fingerprint density at radius 1 is 0.660 bits per heavy atom. The van der Waals surface area contributed by atoms with Crippen LogP contribution in [0.25, 0.3) is 0 Å². The lowest BCUT2D eigenvalue weighted by molar-refractivity contribution is -0.161. The van der Waals surface area contributed by atoms with Crippen LogP contribution in [0.1, 0.15) is 194 Å². The molecule has 1 heterocycles. The number of hydrogen-bond donors (Lipinski definition) is 1. The number of esters is 2. The quantitative estimate of drug-likeness (QED) is 0.0303. The fraction of sp³-hybridized carbons (Fsp3) is 0.818. The maximum Gasteiger partial charge on any atom is 0.306 e. The first-order chi connectivity index (χ1) is 24.5. The molecule has 0 radical (unpaired) electrons. The van der Waals surface area contributed by atoms with Crippen LogP contribution in [0.5, 0.6) is 0 Å². The molecule has 1 saturated heterocycles. The summed E-state index contributed by atoms with van der Waals surface area (Å²) in [6.45, 7) is 6.45. The van der Waals surface area contributed by atoms with E-state index in [0.29, 0.717) is 25.0 Å². The van der Waals surface area contributed by atoms with E-state index in [9.17, 15) is 14.7 Å². The second-order valence-corrected chi connectivity index (χ2v) is 14.7. The smallest absolute Gasteiger partial charge is 0.306 e. The summed E-state index contributed by atoms with van der Waals surface area (Å²) in [5, 5.41) is 9.57. The van der Waals surface area contributed by atoms with E-state index in [1.54, 1.807) is 0 Å². The lowest BCUT2D eigenvalue weighted by Crippen LogP contribution is -2.28. The summed E-state index contributed by atoms with van der Waals surface area (Å²) in [7, 11) is 0. The van der Waals surface area contributed by atoms with Gasteiger partial charge in [-0.15, -0.1) is 0 Å². The Labute approximate surface area is 308 Å². The minimum atomic E-state index is -0.801. The van der Waals surface area contributed by atoms with Gasteiger partial charge in [-0.2, -0.15) is 0 Å². The molecule has 3 unspecified atom stereocenters. The van der Waals surface area contributed by atoms with Crippen molar-refractivity contribution in [2.45, 2.75) is 212 Å². The van der Waals surface area contributed by atoms with Gasteiger partial charge < -0.3 is 19.3 Å². The minimum Gasteiger partial charge on any atom is -0.462 e. The van der Waals surface area contributed by atoms with E-state index in [-0.39, 0.29) is 31.6 Å². The van der Waals surface area contributed by atoms with Crippen LogP contribution in [0, 0.1) is 5.92 Å². The summed E-state index contributed by atoms with van der Waals surface area (Å²) in [6.07, 6.45) is 43.8. The van der Waals surface area contributed by atoms with Gasteiger partial charge in [0.1, 0.15) is 6.61 Å². The third kappa shape index (κ3) is 29.8. The zero-order valence-electron chi connectivity index (χ0n) is 32.8. The third-order valence-corrected chi connectivity index (χ3v) is 9.90. The Balaban J connectivity index is 1.89. The predicted octanol–water partition coefficient (Wildman–Crippen LogP) is 12.1. The number of epoxide rings is 1. The molecule has 0 aromatic carbocycles. The number of aliphatic hydroxyl groups excluding tert-OH is 1. The molecule has 6 heteroatoms. The molecule has 290 valence electrons. The Morgan fingerprint density at radius 3 is 1.82 bits per heavy atom. The van der Waals surface area contributed by atoms with E-state index >= 15 is 0 Å². The van der Waals surface area contributed by atoms with E-state index in [0.717, 1.165) is 50.9 Å². The normalized spacial score (nSPS) is 17.2. The SMILES string of the molecule is CCCCCC1OC1C/C=C\C/C=C\C/C=C\CCCC(=O)O[C@@H](CO)COC(=O)CCCCCCCCCCCCCCCCC(C)CC. The molecular weight excluding hydrogens is 624 g/mol. The molecule has 0 bridgehead atoms. The summed E-state index contributed by atoms with van der Waals surface area (Å²) in [5.41, 5.74) is 0. The first-order valence-corrected chi connectivity index (χ1v) is 21.1. The monoisotopic (exact) mass is 703 g/mol. The summed E-state index contributed by atoms with van der Waals surface area (Å²) < 4.78 is 16.3. The van der Waals surface area contributed by atoms with E-state index in [2.05, 4.69) is 57.2 Å². The van der Waals surface area contributed by atoms with Gasteiger partial charge in [0.15, 0.2) is 6.10 Å². The van der Waals surface area contributed by atoms with Gasteiger partial charge in [0.25, 0.3) is 0 Å². The lowest BCUT2D eigenvalue weighted by Gasteiger charge is -2.15. The summed E-state index contributed by atoms with van der Waals surface area (Å²) in [6, 6.07) is 0. The molecule has 1 aliphatic rings. The summed E-state index contributed by atoms with van der Waals surface area (Å²) in [5.74, 6) is 0.241. The van der Waals surface area contributed by atoms with E-state index < -0.39 is 6.10 Å². The van der Waals surface area contributed by atoms with E-state index in [4.69, 9.17) is 14.2 Å². The number of carbonyl (C=O) groups is 2. The van der Waals surface area contributed by atoms with Crippen molar-refractivity contribution in [3.8, 4) is 0 Å². The highest BCUT2D eigenvalue weighted by atomic mass is 16.6. The van der Waals surface area contributed by atoms with Crippen molar-refractivity contribution >= 4 is 11.9 Å². The minimum absolute atomic E-state index is 0.0886. The van der Waals surface area contributed by atoms with E-state index in [1.807, 2.05) is 0 Å². The zero-order valence-corrected chi connectivity index (χ0v) is 32.8. The molecule has 1 fully saturated rings. The predicted molar refractivity (Wildman–Crippen MR) is 209 cm³/mol. The van der Waals surface area contributed by atoms with Gasteiger partial charge in [-0.25, -0.2) is 0 Å². The van der Waals surface area contributed by atoms with Crippen LogP contribution >= 0.6 is 0 Å². The van der Waals surface area contributed by atoms with Crippen LogP contribution in [0.3, 0.4) is 0 Å². The van der Waals surface area contributed by atoms with Crippen LogP contribution in [-0.4, -0.2) is 48.6 Å². The molecule has 50 heavy (non-hydrogen) atoms. The molecule has 0 amide bonds. The Kier molecular flexibility index (Phi) is 31.5. The van der Waals surface area contributed by atoms with Gasteiger partial charge in [0.05, 0.1) is 18.8 Å². The number of carbonyl (C=O) groups excluding carboxylic acids is 2. The molecule has 1 aliphatic heterocycles. The first-order valence-electron chi connectivity index (χ1n) is 21.1. The average molecular weight is 703 g/mol. The van der Waals surface area contributed by atoms with Crippen LogP contribution in [0.4, 0.5) is 0 Å². The van der Waals surface area contributed by atoms with Crippen molar-refractivity contribution < 1.29 is 28.9 Å². The van der Waals surface area contributed by atoms with Gasteiger partial charge in [0.2, 0.25) is 0 Å². The second-order valence-electron chi connectivity index (χ2n) is 14.7. The third-order valence-electron chi connectivity index (χ3n) is 9.90. The first kappa shape index (κ1) is 46.1.